The second-order valence-electron chi connectivity index (χ2n) is 4.24. The predicted molar refractivity (Wildman–Crippen MR) is 75.8 cm³/mol. The van der Waals surface area contributed by atoms with Gasteiger partial charge >= 0.3 is 0 Å². The maximum atomic E-state index is 13.4. The summed E-state index contributed by atoms with van der Waals surface area (Å²) in [5.41, 5.74) is 1.61. The Hall–Kier alpha value is -1.75. The van der Waals surface area contributed by atoms with Crippen molar-refractivity contribution >= 4 is 27.7 Å². The van der Waals surface area contributed by atoms with E-state index in [0.717, 1.165) is 10.0 Å². The molecule has 3 nitrogen and oxygen atoms in total. The molecule has 0 saturated heterocycles. The van der Waals surface area contributed by atoms with Crippen LogP contribution in [0.3, 0.4) is 0 Å². The average Bonchev–Trinajstić information content (AvgIpc) is 2.36. The van der Waals surface area contributed by atoms with Gasteiger partial charge in [0.1, 0.15) is 11.6 Å². The zero-order valence-electron chi connectivity index (χ0n) is 10.5. The minimum atomic E-state index is -0.395. The Labute approximate surface area is 119 Å². The molecule has 0 aliphatic heterocycles. The number of rotatable bonds is 2. The van der Waals surface area contributed by atoms with E-state index in [1.807, 2.05) is 13.0 Å². The van der Waals surface area contributed by atoms with Crippen molar-refractivity contribution in [3.63, 3.8) is 0 Å². The Morgan fingerprint density at radius 2 is 2.00 bits per heavy atom. The summed E-state index contributed by atoms with van der Waals surface area (Å²) in [4.78, 5) is 16.1. The molecule has 0 atom stereocenters. The molecular weight excluding hydrogens is 311 g/mol. The standard InChI is InChI=1S/C14H12BrFN2O/c1-8-3-4-10(6-12(8)16)14(19)18-13-9(2)5-11(15)7-17-13/h3-7H,1-2H3,(H,17,18,19). The van der Waals surface area contributed by atoms with Crippen LogP contribution in [0, 0.1) is 19.7 Å². The van der Waals surface area contributed by atoms with E-state index in [9.17, 15) is 9.18 Å². The van der Waals surface area contributed by atoms with Gasteiger partial charge in [-0.1, -0.05) is 6.07 Å². The van der Waals surface area contributed by atoms with Crippen LogP contribution in [0.2, 0.25) is 0 Å². The third-order valence-corrected chi connectivity index (χ3v) is 3.14. The molecule has 0 aliphatic carbocycles. The van der Waals surface area contributed by atoms with Gasteiger partial charge in [0.25, 0.3) is 5.91 Å². The summed E-state index contributed by atoms with van der Waals surface area (Å²) in [6.07, 6.45) is 1.60. The first kappa shape index (κ1) is 13.7. The molecule has 0 bridgehead atoms. The monoisotopic (exact) mass is 322 g/mol. The van der Waals surface area contributed by atoms with Crippen LogP contribution in [-0.2, 0) is 0 Å². The van der Waals surface area contributed by atoms with Crippen molar-refractivity contribution < 1.29 is 9.18 Å². The lowest BCUT2D eigenvalue weighted by Crippen LogP contribution is -2.14. The van der Waals surface area contributed by atoms with Gasteiger partial charge in [0.2, 0.25) is 0 Å². The van der Waals surface area contributed by atoms with Gasteiger partial charge in [-0.05, 0) is 59.1 Å². The Morgan fingerprint density at radius 3 is 2.63 bits per heavy atom. The molecule has 19 heavy (non-hydrogen) atoms. The van der Waals surface area contributed by atoms with Crippen molar-refractivity contribution in [2.24, 2.45) is 0 Å². The number of pyridine rings is 1. The molecule has 5 heteroatoms. The highest BCUT2D eigenvalue weighted by molar-refractivity contribution is 9.10. The third kappa shape index (κ3) is 3.17. The van der Waals surface area contributed by atoms with E-state index >= 15 is 0 Å². The molecule has 2 aromatic rings. The van der Waals surface area contributed by atoms with Crippen LogP contribution < -0.4 is 5.32 Å². The van der Waals surface area contributed by atoms with E-state index < -0.39 is 5.82 Å². The minimum absolute atomic E-state index is 0.271. The summed E-state index contributed by atoms with van der Waals surface area (Å²) in [7, 11) is 0. The third-order valence-electron chi connectivity index (χ3n) is 2.71. The molecule has 1 aromatic carbocycles. The fraction of sp³-hybridized carbons (Fsp3) is 0.143. The summed E-state index contributed by atoms with van der Waals surface area (Å²) < 4.78 is 14.2. The van der Waals surface area contributed by atoms with Gasteiger partial charge in [-0.3, -0.25) is 4.79 Å². The molecule has 0 saturated carbocycles. The van der Waals surface area contributed by atoms with Gasteiger partial charge in [0.05, 0.1) is 0 Å². The average molecular weight is 323 g/mol. The van der Waals surface area contributed by atoms with Gasteiger partial charge < -0.3 is 5.32 Å². The van der Waals surface area contributed by atoms with Gasteiger partial charge in [-0.2, -0.15) is 0 Å². The van der Waals surface area contributed by atoms with Crippen LogP contribution in [0.5, 0.6) is 0 Å². The van der Waals surface area contributed by atoms with Gasteiger partial charge in [-0.15, -0.1) is 0 Å². The lowest BCUT2D eigenvalue weighted by atomic mass is 10.1. The van der Waals surface area contributed by atoms with Gasteiger partial charge in [-0.25, -0.2) is 9.37 Å². The number of nitrogens with one attached hydrogen (secondary N) is 1. The van der Waals surface area contributed by atoms with Crippen LogP contribution in [0.15, 0.2) is 34.9 Å². The van der Waals surface area contributed by atoms with Gasteiger partial charge in [0, 0.05) is 16.2 Å². The molecule has 1 N–H and O–H groups in total. The highest BCUT2D eigenvalue weighted by Crippen LogP contribution is 2.18. The molecule has 98 valence electrons. The van der Waals surface area contributed by atoms with Crippen molar-refractivity contribution in [1.29, 1.82) is 0 Å². The first-order valence-corrected chi connectivity index (χ1v) is 6.46. The maximum absolute atomic E-state index is 13.4. The second-order valence-corrected chi connectivity index (χ2v) is 5.15. The first-order chi connectivity index (χ1) is 8.97. The topological polar surface area (TPSA) is 42.0 Å². The summed E-state index contributed by atoms with van der Waals surface area (Å²) in [5.74, 6) is -0.306. The smallest absolute Gasteiger partial charge is 0.256 e. The molecule has 0 unspecified atom stereocenters. The van der Waals surface area contributed by atoms with Crippen LogP contribution in [0.25, 0.3) is 0 Å². The number of aromatic nitrogens is 1. The lowest BCUT2D eigenvalue weighted by Gasteiger charge is -2.08. The SMILES string of the molecule is Cc1ccc(C(=O)Nc2ncc(Br)cc2C)cc1F. The van der Waals surface area contributed by atoms with E-state index in [4.69, 9.17) is 0 Å². The number of nitrogens with zero attached hydrogens (tertiary/aromatic N) is 1. The number of benzene rings is 1. The number of amides is 1. The maximum Gasteiger partial charge on any atom is 0.256 e. The second kappa shape index (κ2) is 5.48. The number of carbonyl (C=O) groups is 1. The van der Waals surface area contributed by atoms with Crippen LogP contribution in [-0.4, -0.2) is 10.9 Å². The normalized spacial score (nSPS) is 10.3. The minimum Gasteiger partial charge on any atom is -0.306 e. The molecule has 0 aliphatic rings. The Bertz CT molecular complexity index is 643. The van der Waals surface area contributed by atoms with E-state index in [-0.39, 0.29) is 11.5 Å². The Kier molecular flexibility index (Phi) is 3.95. The number of hydrogen-bond donors (Lipinski definition) is 1. The highest BCUT2D eigenvalue weighted by atomic mass is 79.9. The van der Waals surface area contributed by atoms with Crippen molar-refractivity contribution in [1.82, 2.24) is 4.98 Å². The van der Waals surface area contributed by atoms with E-state index in [1.165, 1.54) is 6.07 Å². The molecule has 1 aromatic heterocycles. The van der Waals surface area contributed by atoms with Crippen LogP contribution in [0.4, 0.5) is 10.2 Å². The molecule has 2 rings (SSSR count). The van der Waals surface area contributed by atoms with Crippen LogP contribution >= 0.6 is 15.9 Å². The Morgan fingerprint density at radius 1 is 1.26 bits per heavy atom. The Balaban J connectivity index is 2.23. The van der Waals surface area contributed by atoms with Crippen molar-refractivity contribution in [2.45, 2.75) is 13.8 Å². The number of hydrogen-bond acceptors (Lipinski definition) is 2. The number of halogens is 2. The summed E-state index contributed by atoms with van der Waals surface area (Å²) in [6.45, 7) is 3.49. The molecule has 0 spiro atoms. The zero-order chi connectivity index (χ0) is 14.0. The van der Waals surface area contributed by atoms with E-state index in [0.29, 0.717) is 11.4 Å². The van der Waals surface area contributed by atoms with Crippen molar-refractivity contribution in [3.05, 3.63) is 57.4 Å². The summed E-state index contributed by atoms with van der Waals surface area (Å²) in [5, 5.41) is 2.66. The van der Waals surface area contributed by atoms with E-state index in [2.05, 4.69) is 26.2 Å². The molecule has 0 radical (unpaired) electrons. The van der Waals surface area contributed by atoms with Gasteiger partial charge in [0.15, 0.2) is 0 Å². The lowest BCUT2D eigenvalue weighted by molar-refractivity contribution is 0.102. The number of carbonyl (C=O) groups excluding carboxylic acids is 1. The molecule has 1 heterocycles. The van der Waals surface area contributed by atoms with Crippen LogP contribution in [0.1, 0.15) is 21.5 Å². The fourth-order valence-corrected chi connectivity index (χ4v) is 2.03. The van der Waals surface area contributed by atoms with Crippen molar-refractivity contribution in [2.75, 3.05) is 5.32 Å². The molecule has 0 fully saturated rings. The quantitative estimate of drug-likeness (QED) is 0.912. The summed E-state index contributed by atoms with van der Waals surface area (Å²) >= 11 is 3.30. The van der Waals surface area contributed by atoms with Crippen molar-refractivity contribution in [3.8, 4) is 0 Å². The largest absolute Gasteiger partial charge is 0.306 e. The first-order valence-electron chi connectivity index (χ1n) is 5.67. The van der Waals surface area contributed by atoms with E-state index in [1.54, 1.807) is 25.3 Å². The predicted octanol–water partition coefficient (Wildman–Crippen LogP) is 3.85. The summed E-state index contributed by atoms with van der Waals surface area (Å²) in [6, 6.07) is 6.23. The number of anilines is 1. The fourth-order valence-electron chi connectivity index (χ4n) is 1.59. The zero-order valence-corrected chi connectivity index (χ0v) is 12.1. The molecular formula is C14H12BrFN2O. The molecule has 1 amide bonds. The number of aryl methyl sites for hydroxylation is 2. The highest BCUT2D eigenvalue weighted by Gasteiger charge is 2.10.